The van der Waals surface area contributed by atoms with Gasteiger partial charge in [-0.15, -0.1) is 0 Å². The molecule has 0 spiro atoms. The van der Waals surface area contributed by atoms with Crippen LogP contribution in [0.4, 0.5) is 15.8 Å². The normalized spacial score (nSPS) is 22.1. The third kappa shape index (κ3) is 3.12. The standard InChI is InChI=1S/C14H17FN2O4/c1-2-9-5-6-16(13(7-9)14(18)19)12-4-3-10(17(20)21)8-11(12)15/h3-4,8-9,13H,2,5-7H2,1H3,(H,18,19). The summed E-state index contributed by atoms with van der Waals surface area (Å²) in [4.78, 5) is 22.9. The zero-order chi connectivity index (χ0) is 15.6. The van der Waals surface area contributed by atoms with E-state index in [9.17, 15) is 24.4 Å². The van der Waals surface area contributed by atoms with Gasteiger partial charge >= 0.3 is 5.97 Å². The molecule has 7 heteroatoms. The number of anilines is 1. The van der Waals surface area contributed by atoms with Crippen molar-refractivity contribution in [1.29, 1.82) is 0 Å². The highest BCUT2D eigenvalue weighted by atomic mass is 19.1. The van der Waals surface area contributed by atoms with E-state index < -0.39 is 22.8 Å². The second-order valence-electron chi connectivity index (χ2n) is 5.24. The Morgan fingerprint density at radius 1 is 1.57 bits per heavy atom. The highest BCUT2D eigenvalue weighted by Gasteiger charge is 2.34. The number of hydrogen-bond acceptors (Lipinski definition) is 4. The van der Waals surface area contributed by atoms with Crippen LogP contribution in [0.25, 0.3) is 0 Å². The Hall–Kier alpha value is -2.18. The number of rotatable bonds is 4. The first-order chi connectivity index (χ1) is 9.93. The van der Waals surface area contributed by atoms with Crippen molar-refractivity contribution < 1.29 is 19.2 Å². The third-order valence-corrected chi connectivity index (χ3v) is 4.02. The molecule has 6 nitrogen and oxygen atoms in total. The second kappa shape index (κ2) is 6.07. The van der Waals surface area contributed by atoms with Gasteiger partial charge in [0, 0.05) is 12.6 Å². The molecule has 0 aliphatic carbocycles. The van der Waals surface area contributed by atoms with Crippen LogP contribution >= 0.6 is 0 Å². The van der Waals surface area contributed by atoms with Gasteiger partial charge in [0.15, 0.2) is 5.82 Å². The van der Waals surface area contributed by atoms with Gasteiger partial charge in [-0.25, -0.2) is 9.18 Å². The second-order valence-corrected chi connectivity index (χ2v) is 5.24. The Bertz CT molecular complexity index is 564. The molecule has 0 bridgehead atoms. The molecule has 1 aromatic carbocycles. The molecule has 1 N–H and O–H groups in total. The number of nitro groups is 1. The first kappa shape index (κ1) is 15.2. The maximum atomic E-state index is 14.1. The van der Waals surface area contributed by atoms with E-state index in [1.807, 2.05) is 6.92 Å². The van der Waals surface area contributed by atoms with E-state index >= 15 is 0 Å². The fraction of sp³-hybridized carbons (Fsp3) is 0.500. The molecule has 2 unspecified atom stereocenters. The molecule has 114 valence electrons. The molecule has 1 fully saturated rings. The first-order valence-electron chi connectivity index (χ1n) is 6.87. The van der Waals surface area contributed by atoms with Crippen LogP contribution in [-0.2, 0) is 4.79 Å². The SMILES string of the molecule is CCC1CCN(c2ccc([N+](=O)[O-])cc2F)C(C(=O)O)C1. The van der Waals surface area contributed by atoms with Crippen molar-refractivity contribution >= 4 is 17.3 Å². The lowest BCUT2D eigenvalue weighted by Gasteiger charge is -2.38. The van der Waals surface area contributed by atoms with Crippen molar-refractivity contribution in [3.8, 4) is 0 Å². The Morgan fingerprint density at radius 3 is 2.81 bits per heavy atom. The van der Waals surface area contributed by atoms with Crippen molar-refractivity contribution in [3.05, 3.63) is 34.1 Å². The highest BCUT2D eigenvalue weighted by Crippen LogP contribution is 2.32. The number of carbonyl (C=O) groups is 1. The maximum Gasteiger partial charge on any atom is 0.326 e. The molecule has 0 aromatic heterocycles. The van der Waals surface area contributed by atoms with Crippen LogP contribution in [0.2, 0.25) is 0 Å². The number of hydrogen-bond donors (Lipinski definition) is 1. The zero-order valence-corrected chi connectivity index (χ0v) is 11.7. The molecule has 21 heavy (non-hydrogen) atoms. The van der Waals surface area contributed by atoms with Crippen LogP contribution in [0.15, 0.2) is 18.2 Å². The molecule has 2 atom stereocenters. The zero-order valence-electron chi connectivity index (χ0n) is 11.7. The van der Waals surface area contributed by atoms with Crippen LogP contribution in [0.5, 0.6) is 0 Å². The van der Waals surface area contributed by atoms with Gasteiger partial charge in [-0.2, -0.15) is 0 Å². The monoisotopic (exact) mass is 296 g/mol. The van der Waals surface area contributed by atoms with Crippen LogP contribution in [0.3, 0.4) is 0 Å². The van der Waals surface area contributed by atoms with Gasteiger partial charge in [0.2, 0.25) is 0 Å². The van der Waals surface area contributed by atoms with Crippen molar-refractivity contribution in [2.24, 2.45) is 5.92 Å². The van der Waals surface area contributed by atoms with E-state index in [0.29, 0.717) is 18.9 Å². The summed E-state index contributed by atoms with van der Waals surface area (Å²) in [6.07, 6.45) is 2.14. The maximum absolute atomic E-state index is 14.1. The Morgan fingerprint density at radius 2 is 2.29 bits per heavy atom. The Balaban J connectivity index is 2.31. The molecule has 1 saturated heterocycles. The van der Waals surface area contributed by atoms with E-state index in [1.165, 1.54) is 17.0 Å². The lowest BCUT2D eigenvalue weighted by Crippen LogP contribution is -2.47. The quantitative estimate of drug-likeness (QED) is 0.682. The van der Waals surface area contributed by atoms with E-state index in [4.69, 9.17) is 0 Å². The largest absolute Gasteiger partial charge is 0.480 e. The molecule has 1 aliphatic heterocycles. The number of halogens is 1. The number of nitrogens with zero attached hydrogens (tertiary/aromatic N) is 2. The third-order valence-electron chi connectivity index (χ3n) is 4.02. The number of carboxylic acid groups (broad SMARTS) is 1. The van der Waals surface area contributed by atoms with E-state index in [-0.39, 0.29) is 11.4 Å². The Kier molecular flexibility index (Phi) is 4.40. The summed E-state index contributed by atoms with van der Waals surface area (Å²) in [5.74, 6) is -1.44. The molecule has 1 aromatic rings. The minimum Gasteiger partial charge on any atom is -0.480 e. The van der Waals surface area contributed by atoms with E-state index in [0.717, 1.165) is 18.9 Å². The van der Waals surface area contributed by atoms with Gasteiger partial charge in [0.1, 0.15) is 6.04 Å². The summed E-state index contributed by atoms with van der Waals surface area (Å²) >= 11 is 0. The number of benzene rings is 1. The number of nitro benzene ring substituents is 1. The number of carboxylic acids is 1. The fourth-order valence-corrected chi connectivity index (χ4v) is 2.77. The summed E-state index contributed by atoms with van der Waals surface area (Å²) in [7, 11) is 0. The topological polar surface area (TPSA) is 83.7 Å². The molecular weight excluding hydrogens is 279 g/mol. The van der Waals surface area contributed by atoms with Gasteiger partial charge in [-0.05, 0) is 24.8 Å². The number of aliphatic carboxylic acids is 1. The predicted molar refractivity (Wildman–Crippen MR) is 74.8 cm³/mol. The summed E-state index contributed by atoms with van der Waals surface area (Å²) in [5, 5.41) is 20.0. The summed E-state index contributed by atoms with van der Waals surface area (Å²) < 4.78 is 14.1. The highest BCUT2D eigenvalue weighted by molar-refractivity contribution is 5.78. The van der Waals surface area contributed by atoms with E-state index in [2.05, 4.69) is 0 Å². The van der Waals surface area contributed by atoms with Gasteiger partial charge < -0.3 is 10.0 Å². The van der Waals surface area contributed by atoms with Crippen LogP contribution in [-0.4, -0.2) is 28.6 Å². The molecule has 0 radical (unpaired) electrons. The average Bonchev–Trinajstić information content (AvgIpc) is 2.46. The van der Waals surface area contributed by atoms with E-state index in [1.54, 1.807) is 0 Å². The molecule has 1 aliphatic rings. The van der Waals surface area contributed by atoms with Crippen molar-refractivity contribution in [1.82, 2.24) is 0 Å². The average molecular weight is 296 g/mol. The van der Waals surface area contributed by atoms with Gasteiger partial charge in [0.05, 0.1) is 16.7 Å². The number of non-ortho nitro benzene ring substituents is 1. The smallest absolute Gasteiger partial charge is 0.326 e. The molecule has 0 saturated carbocycles. The van der Waals surface area contributed by atoms with Crippen LogP contribution < -0.4 is 4.90 Å². The minimum absolute atomic E-state index is 0.113. The molecule has 0 amide bonds. The van der Waals surface area contributed by atoms with Gasteiger partial charge in [-0.3, -0.25) is 10.1 Å². The Labute approximate surface area is 121 Å². The van der Waals surface area contributed by atoms with Crippen molar-refractivity contribution in [2.75, 3.05) is 11.4 Å². The fourth-order valence-electron chi connectivity index (χ4n) is 2.77. The molecule has 1 heterocycles. The molecular formula is C14H17FN2O4. The number of piperidine rings is 1. The lowest BCUT2D eigenvalue weighted by molar-refractivity contribution is -0.385. The summed E-state index contributed by atoms with van der Waals surface area (Å²) in [5.41, 5.74) is -0.228. The van der Waals surface area contributed by atoms with Crippen molar-refractivity contribution in [3.63, 3.8) is 0 Å². The predicted octanol–water partition coefficient (Wildman–Crippen LogP) is 2.81. The molecule has 2 rings (SSSR count). The summed E-state index contributed by atoms with van der Waals surface area (Å²) in [6, 6.07) is 2.53. The van der Waals surface area contributed by atoms with Gasteiger partial charge in [-0.1, -0.05) is 13.3 Å². The minimum atomic E-state index is -0.995. The van der Waals surface area contributed by atoms with Gasteiger partial charge in [0.25, 0.3) is 5.69 Å². The first-order valence-corrected chi connectivity index (χ1v) is 6.87. The van der Waals surface area contributed by atoms with Crippen molar-refractivity contribution in [2.45, 2.75) is 32.2 Å². The lowest BCUT2D eigenvalue weighted by atomic mass is 9.88. The summed E-state index contributed by atoms with van der Waals surface area (Å²) in [6.45, 7) is 2.44. The van der Waals surface area contributed by atoms with Crippen LogP contribution in [0, 0.1) is 21.8 Å². The van der Waals surface area contributed by atoms with Crippen LogP contribution in [0.1, 0.15) is 26.2 Å².